The number of hydrogen-bond donors (Lipinski definition) is 1. The van der Waals surface area contributed by atoms with Gasteiger partial charge in [0.05, 0.1) is 6.54 Å². The highest BCUT2D eigenvalue weighted by Gasteiger charge is 2.22. The molecule has 158 valence electrons. The van der Waals surface area contributed by atoms with E-state index in [1.54, 1.807) is 0 Å². The fourth-order valence-corrected chi connectivity index (χ4v) is 3.84. The molecular formula is C21H37IN6. The molecule has 0 amide bonds. The highest BCUT2D eigenvalue weighted by molar-refractivity contribution is 14.0. The van der Waals surface area contributed by atoms with Crippen molar-refractivity contribution in [1.82, 2.24) is 20.0 Å². The van der Waals surface area contributed by atoms with Crippen LogP contribution in [0.1, 0.15) is 13.8 Å². The van der Waals surface area contributed by atoms with E-state index < -0.39 is 0 Å². The Labute approximate surface area is 188 Å². The van der Waals surface area contributed by atoms with Gasteiger partial charge >= 0.3 is 0 Å². The Morgan fingerprint density at radius 1 is 1.00 bits per heavy atom. The van der Waals surface area contributed by atoms with Gasteiger partial charge in [0.25, 0.3) is 0 Å². The van der Waals surface area contributed by atoms with Gasteiger partial charge in [0.2, 0.25) is 0 Å². The van der Waals surface area contributed by atoms with Gasteiger partial charge in [-0.1, -0.05) is 18.2 Å². The zero-order valence-corrected chi connectivity index (χ0v) is 20.0. The number of likely N-dealkylation sites (N-methyl/N-ethyl adjacent to an activating group) is 1. The van der Waals surface area contributed by atoms with E-state index in [-0.39, 0.29) is 24.0 Å². The molecule has 7 heteroatoms. The molecule has 2 aliphatic rings. The maximum Gasteiger partial charge on any atom is 0.194 e. The summed E-state index contributed by atoms with van der Waals surface area (Å²) in [6.07, 6.45) is 0. The molecule has 0 saturated carbocycles. The van der Waals surface area contributed by atoms with Crippen molar-refractivity contribution in [3.63, 3.8) is 0 Å². The van der Waals surface area contributed by atoms with Crippen molar-refractivity contribution in [2.75, 3.05) is 77.4 Å². The molecule has 0 aromatic heterocycles. The van der Waals surface area contributed by atoms with E-state index in [2.05, 4.69) is 76.1 Å². The molecule has 1 aromatic carbocycles. The van der Waals surface area contributed by atoms with Crippen LogP contribution in [0.15, 0.2) is 35.3 Å². The van der Waals surface area contributed by atoms with Crippen molar-refractivity contribution in [3.05, 3.63) is 30.3 Å². The minimum atomic E-state index is 0. The van der Waals surface area contributed by atoms with E-state index in [4.69, 9.17) is 4.99 Å². The van der Waals surface area contributed by atoms with Crippen LogP contribution in [-0.2, 0) is 0 Å². The van der Waals surface area contributed by atoms with E-state index in [0.717, 1.165) is 71.4 Å². The molecule has 1 N–H and O–H groups in total. The summed E-state index contributed by atoms with van der Waals surface area (Å²) < 4.78 is 0. The standard InChI is InChI=1S/C21H36N6.HI/c1-4-22-21(23-18-19(2)25-12-10-24(3)11-13-25)27-16-14-26(15-17-27)20-8-6-5-7-9-20;/h5-9,19H,4,10-18H2,1-3H3,(H,22,23);1H. The first-order valence-corrected chi connectivity index (χ1v) is 10.4. The third-order valence-corrected chi connectivity index (χ3v) is 5.70. The van der Waals surface area contributed by atoms with Gasteiger partial charge in [0, 0.05) is 70.6 Å². The molecule has 2 heterocycles. The van der Waals surface area contributed by atoms with E-state index in [1.165, 1.54) is 5.69 Å². The fraction of sp³-hybridized carbons (Fsp3) is 0.667. The summed E-state index contributed by atoms with van der Waals surface area (Å²) in [5.41, 5.74) is 1.32. The minimum Gasteiger partial charge on any atom is -0.368 e. The van der Waals surface area contributed by atoms with Gasteiger partial charge in [-0.25, -0.2) is 0 Å². The Hall–Kier alpha value is -1.06. The molecule has 0 spiro atoms. The number of piperazine rings is 2. The van der Waals surface area contributed by atoms with E-state index in [0.29, 0.717) is 6.04 Å². The topological polar surface area (TPSA) is 37.4 Å². The van der Waals surface area contributed by atoms with Gasteiger partial charge in [0.1, 0.15) is 0 Å². The summed E-state index contributed by atoms with van der Waals surface area (Å²) in [4.78, 5) is 14.8. The minimum absolute atomic E-state index is 0. The van der Waals surface area contributed by atoms with Crippen molar-refractivity contribution < 1.29 is 0 Å². The molecule has 6 nitrogen and oxygen atoms in total. The van der Waals surface area contributed by atoms with Crippen LogP contribution in [0.4, 0.5) is 5.69 Å². The molecule has 1 aromatic rings. The number of hydrogen-bond acceptors (Lipinski definition) is 4. The maximum absolute atomic E-state index is 4.99. The summed E-state index contributed by atoms with van der Waals surface area (Å²) in [6.45, 7) is 15.0. The summed E-state index contributed by atoms with van der Waals surface area (Å²) in [6, 6.07) is 11.2. The first-order valence-electron chi connectivity index (χ1n) is 10.4. The predicted octanol–water partition coefficient (Wildman–Crippen LogP) is 2.03. The molecule has 2 fully saturated rings. The largest absolute Gasteiger partial charge is 0.368 e. The quantitative estimate of drug-likeness (QED) is 0.381. The first kappa shape index (κ1) is 23.2. The number of nitrogens with zero attached hydrogens (tertiary/aromatic N) is 5. The summed E-state index contributed by atoms with van der Waals surface area (Å²) in [5, 5.41) is 3.50. The van der Waals surface area contributed by atoms with Crippen molar-refractivity contribution in [2.45, 2.75) is 19.9 Å². The monoisotopic (exact) mass is 500 g/mol. The maximum atomic E-state index is 4.99. The number of para-hydroxylation sites is 1. The van der Waals surface area contributed by atoms with Crippen LogP contribution in [0.2, 0.25) is 0 Å². The van der Waals surface area contributed by atoms with Gasteiger partial charge in [-0.05, 0) is 33.0 Å². The number of anilines is 1. The second kappa shape index (κ2) is 11.8. The van der Waals surface area contributed by atoms with Crippen molar-refractivity contribution in [1.29, 1.82) is 0 Å². The first-order chi connectivity index (χ1) is 13.2. The fourth-order valence-electron chi connectivity index (χ4n) is 3.84. The Bertz CT molecular complexity index is 580. The smallest absolute Gasteiger partial charge is 0.194 e. The van der Waals surface area contributed by atoms with Crippen molar-refractivity contribution in [2.24, 2.45) is 4.99 Å². The van der Waals surface area contributed by atoms with E-state index in [1.807, 2.05) is 0 Å². The SMILES string of the molecule is CCNC(=NCC(C)N1CCN(C)CC1)N1CCN(c2ccccc2)CC1.I. The lowest BCUT2D eigenvalue weighted by molar-refractivity contribution is 0.122. The Kier molecular flexibility index (Phi) is 9.81. The zero-order chi connectivity index (χ0) is 19.1. The molecule has 3 rings (SSSR count). The van der Waals surface area contributed by atoms with Crippen LogP contribution in [0, 0.1) is 0 Å². The van der Waals surface area contributed by atoms with Crippen molar-refractivity contribution in [3.8, 4) is 0 Å². The van der Waals surface area contributed by atoms with Gasteiger partial charge in [-0.2, -0.15) is 0 Å². The number of rotatable bonds is 5. The lowest BCUT2D eigenvalue weighted by atomic mass is 10.2. The van der Waals surface area contributed by atoms with Crippen molar-refractivity contribution >= 4 is 35.6 Å². The predicted molar refractivity (Wildman–Crippen MR) is 130 cm³/mol. The third kappa shape index (κ3) is 6.49. The van der Waals surface area contributed by atoms with Crippen LogP contribution in [-0.4, -0.2) is 99.2 Å². The number of halogens is 1. The normalized spacial score (nSPS) is 20.6. The molecule has 2 saturated heterocycles. The lowest BCUT2D eigenvalue weighted by Gasteiger charge is -2.38. The van der Waals surface area contributed by atoms with Crippen LogP contribution >= 0.6 is 24.0 Å². The summed E-state index contributed by atoms with van der Waals surface area (Å²) in [7, 11) is 2.21. The number of guanidine groups is 1. The molecule has 2 aliphatic heterocycles. The molecule has 0 aliphatic carbocycles. The van der Waals surface area contributed by atoms with Crippen LogP contribution in [0.5, 0.6) is 0 Å². The molecule has 0 bridgehead atoms. The zero-order valence-electron chi connectivity index (χ0n) is 17.7. The highest BCUT2D eigenvalue weighted by atomic mass is 127. The van der Waals surface area contributed by atoms with E-state index >= 15 is 0 Å². The third-order valence-electron chi connectivity index (χ3n) is 5.70. The Morgan fingerprint density at radius 2 is 1.64 bits per heavy atom. The Balaban J connectivity index is 0.00000280. The van der Waals surface area contributed by atoms with E-state index in [9.17, 15) is 0 Å². The summed E-state index contributed by atoms with van der Waals surface area (Å²) >= 11 is 0. The number of nitrogens with one attached hydrogen (secondary N) is 1. The molecule has 28 heavy (non-hydrogen) atoms. The summed E-state index contributed by atoms with van der Waals surface area (Å²) in [5.74, 6) is 1.08. The van der Waals surface area contributed by atoms with Crippen LogP contribution in [0.3, 0.4) is 0 Å². The van der Waals surface area contributed by atoms with Gasteiger partial charge in [0.15, 0.2) is 5.96 Å². The number of aliphatic imine (C=N–C) groups is 1. The highest BCUT2D eigenvalue weighted by Crippen LogP contribution is 2.15. The average molecular weight is 500 g/mol. The van der Waals surface area contributed by atoms with Gasteiger partial charge < -0.3 is 20.0 Å². The molecule has 0 radical (unpaired) electrons. The Morgan fingerprint density at radius 3 is 2.25 bits per heavy atom. The molecule has 1 atom stereocenters. The molecule has 1 unspecified atom stereocenters. The second-order valence-electron chi connectivity index (χ2n) is 7.69. The van der Waals surface area contributed by atoms with Gasteiger partial charge in [-0.15, -0.1) is 24.0 Å². The average Bonchev–Trinajstić information content (AvgIpc) is 2.72. The van der Waals surface area contributed by atoms with Gasteiger partial charge in [-0.3, -0.25) is 9.89 Å². The lowest BCUT2D eigenvalue weighted by Crippen LogP contribution is -2.53. The second-order valence-corrected chi connectivity index (χ2v) is 7.69. The number of benzene rings is 1. The molecular weight excluding hydrogens is 463 g/mol. The van der Waals surface area contributed by atoms with Crippen LogP contribution < -0.4 is 10.2 Å². The van der Waals surface area contributed by atoms with Crippen LogP contribution in [0.25, 0.3) is 0 Å².